The van der Waals surface area contributed by atoms with Gasteiger partial charge in [0.15, 0.2) is 0 Å². The third-order valence-corrected chi connectivity index (χ3v) is 1.61. The highest BCUT2D eigenvalue weighted by atomic mass is 16.1. The molecule has 0 bridgehead atoms. The molecule has 1 aliphatic carbocycles. The van der Waals surface area contributed by atoms with E-state index in [1.165, 1.54) is 0 Å². The SMILES string of the molecule is N#CC1(CNC=O)CC1. The van der Waals surface area contributed by atoms with Gasteiger partial charge in [-0.05, 0) is 12.8 Å². The van der Waals surface area contributed by atoms with Crippen LogP contribution >= 0.6 is 0 Å². The summed E-state index contributed by atoms with van der Waals surface area (Å²) in [5, 5.41) is 11.0. The number of amides is 1. The van der Waals surface area contributed by atoms with Gasteiger partial charge in [0.25, 0.3) is 0 Å². The molecule has 0 atom stereocenters. The quantitative estimate of drug-likeness (QED) is 0.540. The van der Waals surface area contributed by atoms with Crippen LogP contribution in [0.3, 0.4) is 0 Å². The van der Waals surface area contributed by atoms with Gasteiger partial charge in [-0.3, -0.25) is 4.79 Å². The second kappa shape index (κ2) is 2.06. The Kier molecular flexibility index (Phi) is 1.39. The van der Waals surface area contributed by atoms with Gasteiger partial charge in [-0.25, -0.2) is 0 Å². The minimum absolute atomic E-state index is 0.194. The molecule has 0 aromatic carbocycles. The Labute approximate surface area is 53.7 Å². The highest BCUT2D eigenvalue weighted by molar-refractivity contribution is 5.46. The molecule has 9 heavy (non-hydrogen) atoms. The van der Waals surface area contributed by atoms with Crippen LogP contribution in [0.5, 0.6) is 0 Å². The first-order valence-electron chi connectivity index (χ1n) is 2.91. The molecule has 1 saturated carbocycles. The van der Waals surface area contributed by atoms with Crippen LogP contribution in [-0.2, 0) is 4.79 Å². The molecule has 0 aliphatic heterocycles. The Morgan fingerprint density at radius 1 is 1.78 bits per heavy atom. The Morgan fingerprint density at radius 3 is 2.78 bits per heavy atom. The lowest BCUT2D eigenvalue weighted by atomic mass is 10.1. The smallest absolute Gasteiger partial charge is 0.207 e. The predicted molar refractivity (Wildman–Crippen MR) is 31.3 cm³/mol. The van der Waals surface area contributed by atoms with E-state index in [9.17, 15) is 4.79 Å². The van der Waals surface area contributed by atoms with E-state index in [2.05, 4.69) is 11.4 Å². The van der Waals surface area contributed by atoms with Gasteiger partial charge in [0.2, 0.25) is 6.41 Å². The maximum absolute atomic E-state index is 9.77. The molecule has 0 unspecified atom stereocenters. The number of rotatable bonds is 3. The number of nitrogens with zero attached hydrogens (tertiary/aromatic N) is 1. The van der Waals surface area contributed by atoms with Crippen molar-refractivity contribution in [1.82, 2.24) is 5.32 Å². The lowest BCUT2D eigenvalue weighted by molar-refractivity contribution is -0.109. The van der Waals surface area contributed by atoms with Gasteiger partial charge in [0.1, 0.15) is 0 Å². The highest BCUT2D eigenvalue weighted by Crippen LogP contribution is 2.43. The highest BCUT2D eigenvalue weighted by Gasteiger charge is 2.42. The predicted octanol–water partition coefficient (Wildman–Crippen LogP) is 0.0362. The van der Waals surface area contributed by atoms with E-state index in [4.69, 9.17) is 5.26 Å². The molecular weight excluding hydrogens is 116 g/mol. The first-order chi connectivity index (χ1) is 4.33. The van der Waals surface area contributed by atoms with Crippen LogP contribution in [0.25, 0.3) is 0 Å². The van der Waals surface area contributed by atoms with Crippen LogP contribution in [0.15, 0.2) is 0 Å². The van der Waals surface area contributed by atoms with Crippen molar-refractivity contribution in [3.63, 3.8) is 0 Å². The Hall–Kier alpha value is -1.04. The van der Waals surface area contributed by atoms with Gasteiger partial charge < -0.3 is 5.32 Å². The zero-order valence-electron chi connectivity index (χ0n) is 5.05. The van der Waals surface area contributed by atoms with E-state index < -0.39 is 0 Å². The van der Waals surface area contributed by atoms with Crippen molar-refractivity contribution in [3.8, 4) is 6.07 Å². The summed E-state index contributed by atoms with van der Waals surface area (Å²) in [7, 11) is 0. The molecule has 0 spiro atoms. The molecular formula is C6H8N2O. The van der Waals surface area contributed by atoms with Gasteiger partial charge in [0.05, 0.1) is 11.5 Å². The number of nitriles is 1. The molecule has 0 aromatic rings. The Morgan fingerprint density at radius 2 is 2.44 bits per heavy atom. The van der Waals surface area contributed by atoms with Crippen molar-refractivity contribution in [2.75, 3.05) is 6.54 Å². The fourth-order valence-corrected chi connectivity index (χ4v) is 0.716. The molecule has 1 fully saturated rings. The van der Waals surface area contributed by atoms with Crippen molar-refractivity contribution in [3.05, 3.63) is 0 Å². The summed E-state index contributed by atoms with van der Waals surface area (Å²) < 4.78 is 0. The lowest BCUT2D eigenvalue weighted by Gasteiger charge is -2.00. The van der Waals surface area contributed by atoms with Crippen LogP contribution in [0.2, 0.25) is 0 Å². The topological polar surface area (TPSA) is 52.9 Å². The molecule has 1 aliphatic rings. The summed E-state index contributed by atoms with van der Waals surface area (Å²) >= 11 is 0. The van der Waals surface area contributed by atoms with Gasteiger partial charge in [0, 0.05) is 6.54 Å². The zero-order valence-corrected chi connectivity index (χ0v) is 5.05. The van der Waals surface area contributed by atoms with E-state index >= 15 is 0 Å². The fourth-order valence-electron chi connectivity index (χ4n) is 0.716. The van der Waals surface area contributed by atoms with Crippen LogP contribution in [0.1, 0.15) is 12.8 Å². The van der Waals surface area contributed by atoms with Crippen molar-refractivity contribution in [2.45, 2.75) is 12.8 Å². The summed E-state index contributed by atoms with van der Waals surface area (Å²) in [4.78, 5) is 9.77. The average molecular weight is 124 g/mol. The molecule has 3 heteroatoms. The Balaban J connectivity index is 2.27. The molecule has 1 rings (SSSR count). The average Bonchev–Trinajstić information content (AvgIpc) is 2.65. The van der Waals surface area contributed by atoms with E-state index in [-0.39, 0.29) is 5.41 Å². The monoisotopic (exact) mass is 124 g/mol. The third-order valence-electron chi connectivity index (χ3n) is 1.61. The van der Waals surface area contributed by atoms with Crippen LogP contribution in [0, 0.1) is 16.7 Å². The van der Waals surface area contributed by atoms with Gasteiger partial charge in [-0.15, -0.1) is 0 Å². The molecule has 48 valence electrons. The summed E-state index contributed by atoms with van der Waals surface area (Å²) in [6, 6.07) is 2.17. The van der Waals surface area contributed by atoms with E-state index in [1.54, 1.807) is 0 Å². The minimum atomic E-state index is -0.194. The second-order valence-corrected chi connectivity index (χ2v) is 2.39. The molecule has 0 saturated heterocycles. The maximum Gasteiger partial charge on any atom is 0.207 e. The molecule has 3 nitrogen and oxygen atoms in total. The first-order valence-corrected chi connectivity index (χ1v) is 2.91. The molecule has 0 heterocycles. The number of carbonyl (C=O) groups is 1. The number of hydrogen-bond acceptors (Lipinski definition) is 2. The normalized spacial score (nSPS) is 19.9. The summed E-state index contributed by atoms with van der Waals surface area (Å²) in [5.74, 6) is 0. The molecule has 0 radical (unpaired) electrons. The van der Waals surface area contributed by atoms with Crippen molar-refractivity contribution in [1.29, 1.82) is 5.26 Å². The largest absolute Gasteiger partial charge is 0.357 e. The molecule has 1 amide bonds. The number of nitrogens with one attached hydrogen (secondary N) is 1. The zero-order chi connectivity index (χ0) is 6.74. The van der Waals surface area contributed by atoms with Gasteiger partial charge in [-0.2, -0.15) is 5.26 Å². The van der Waals surface area contributed by atoms with E-state index in [0.29, 0.717) is 13.0 Å². The van der Waals surface area contributed by atoms with Crippen LogP contribution in [0.4, 0.5) is 0 Å². The lowest BCUT2D eigenvalue weighted by Crippen LogP contribution is -2.20. The third kappa shape index (κ3) is 1.20. The molecule has 1 N–H and O–H groups in total. The summed E-state index contributed by atoms with van der Waals surface area (Å²) in [6.45, 7) is 0.521. The second-order valence-electron chi connectivity index (χ2n) is 2.39. The van der Waals surface area contributed by atoms with Crippen molar-refractivity contribution < 1.29 is 4.79 Å². The van der Waals surface area contributed by atoms with Crippen LogP contribution in [-0.4, -0.2) is 13.0 Å². The maximum atomic E-state index is 9.77. The Bertz CT molecular complexity index is 155. The summed E-state index contributed by atoms with van der Waals surface area (Å²) in [6.07, 6.45) is 2.51. The number of carbonyl (C=O) groups excluding carboxylic acids is 1. The standard InChI is InChI=1S/C6H8N2O/c7-3-6(1-2-6)4-8-5-9/h5H,1-2,4H2,(H,8,9). The van der Waals surface area contributed by atoms with Gasteiger partial charge >= 0.3 is 0 Å². The number of hydrogen-bond donors (Lipinski definition) is 1. The minimum Gasteiger partial charge on any atom is -0.357 e. The van der Waals surface area contributed by atoms with Crippen molar-refractivity contribution >= 4 is 6.41 Å². The van der Waals surface area contributed by atoms with Gasteiger partial charge in [-0.1, -0.05) is 0 Å². The van der Waals surface area contributed by atoms with E-state index in [0.717, 1.165) is 12.8 Å². The van der Waals surface area contributed by atoms with E-state index in [1.807, 2.05) is 0 Å². The van der Waals surface area contributed by atoms with Crippen LogP contribution < -0.4 is 5.32 Å². The molecule has 0 aromatic heterocycles. The summed E-state index contributed by atoms with van der Waals surface area (Å²) in [5.41, 5.74) is -0.194. The van der Waals surface area contributed by atoms with Crippen molar-refractivity contribution in [2.24, 2.45) is 5.41 Å². The first kappa shape index (κ1) is 6.09. The fraction of sp³-hybridized carbons (Fsp3) is 0.667.